The maximum atomic E-state index is 13.4. The number of nitrogens with zero attached hydrogens (tertiary/aromatic N) is 1. The third kappa shape index (κ3) is 5.14. The van der Waals surface area contributed by atoms with E-state index in [-0.39, 0.29) is 23.4 Å². The van der Waals surface area contributed by atoms with E-state index in [0.29, 0.717) is 24.4 Å². The number of hydrogen-bond acceptors (Lipinski definition) is 3. The first kappa shape index (κ1) is 22.6. The Labute approximate surface area is 177 Å². The number of alkyl halides is 3. The highest BCUT2D eigenvalue weighted by atomic mass is 35.5. The molecule has 1 N–H and O–H groups in total. The molecule has 1 aliphatic rings. The molecule has 1 amide bonds. The van der Waals surface area contributed by atoms with E-state index in [4.69, 9.17) is 11.6 Å². The summed E-state index contributed by atoms with van der Waals surface area (Å²) < 4.78 is 67.0. The molecule has 162 valence electrons. The molecule has 2 aromatic rings. The number of sulfonamides is 1. The molecule has 0 aromatic heterocycles. The van der Waals surface area contributed by atoms with Crippen LogP contribution in [0.25, 0.3) is 0 Å². The summed E-state index contributed by atoms with van der Waals surface area (Å²) in [5.74, 6) is -0.461. The van der Waals surface area contributed by atoms with Crippen molar-refractivity contribution < 1.29 is 26.4 Å². The molecule has 0 bridgehead atoms. The van der Waals surface area contributed by atoms with E-state index < -0.39 is 33.7 Å². The van der Waals surface area contributed by atoms with Gasteiger partial charge >= 0.3 is 6.18 Å². The van der Waals surface area contributed by atoms with Crippen molar-refractivity contribution in [3.8, 4) is 0 Å². The van der Waals surface area contributed by atoms with Gasteiger partial charge in [0.2, 0.25) is 15.9 Å². The first-order chi connectivity index (χ1) is 14.1. The van der Waals surface area contributed by atoms with Crippen molar-refractivity contribution in [2.24, 2.45) is 0 Å². The predicted molar refractivity (Wildman–Crippen MR) is 106 cm³/mol. The third-order valence-corrected chi connectivity index (χ3v) is 6.99. The Bertz CT molecular complexity index is 1010. The van der Waals surface area contributed by atoms with Crippen LogP contribution in [-0.2, 0) is 27.5 Å². The van der Waals surface area contributed by atoms with Crippen LogP contribution in [0, 0.1) is 0 Å². The molecular weight excluding hydrogens is 441 g/mol. The topological polar surface area (TPSA) is 66.5 Å². The molecule has 1 fully saturated rings. The van der Waals surface area contributed by atoms with Crippen LogP contribution >= 0.6 is 11.6 Å². The number of rotatable bonds is 5. The normalized spacial score (nSPS) is 18.2. The number of nitrogens with one attached hydrogen (secondary N) is 1. The second kappa shape index (κ2) is 8.95. The van der Waals surface area contributed by atoms with Crippen LogP contribution in [0.15, 0.2) is 53.4 Å². The van der Waals surface area contributed by atoms with Gasteiger partial charge in [0.25, 0.3) is 0 Å². The van der Waals surface area contributed by atoms with Gasteiger partial charge in [-0.1, -0.05) is 29.8 Å². The average Bonchev–Trinajstić information content (AvgIpc) is 2.90. The van der Waals surface area contributed by atoms with Gasteiger partial charge < -0.3 is 5.32 Å². The van der Waals surface area contributed by atoms with E-state index in [0.717, 1.165) is 16.4 Å². The Morgan fingerprint density at radius 3 is 2.47 bits per heavy atom. The molecule has 5 nitrogen and oxygen atoms in total. The number of benzene rings is 2. The molecule has 1 unspecified atom stereocenters. The number of hydrogen-bond donors (Lipinski definition) is 1. The van der Waals surface area contributed by atoms with E-state index in [1.165, 1.54) is 36.4 Å². The zero-order valence-electron chi connectivity index (χ0n) is 15.8. The maximum absolute atomic E-state index is 13.4. The Balaban J connectivity index is 2.04. The summed E-state index contributed by atoms with van der Waals surface area (Å²) in [4.78, 5) is 12.5. The fourth-order valence-corrected chi connectivity index (χ4v) is 5.06. The van der Waals surface area contributed by atoms with E-state index in [9.17, 15) is 26.4 Å². The molecule has 1 aliphatic heterocycles. The minimum absolute atomic E-state index is 0.0871. The molecule has 10 heteroatoms. The first-order valence-electron chi connectivity index (χ1n) is 9.30. The van der Waals surface area contributed by atoms with Gasteiger partial charge in [-0.2, -0.15) is 17.5 Å². The van der Waals surface area contributed by atoms with Crippen molar-refractivity contribution in [3.05, 3.63) is 64.7 Å². The Morgan fingerprint density at radius 1 is 1.10 bits per heavy atom. The monoisotopic (exact) mass is 460 g/mol. The highest BCUT2D eigenvalue weighted by Gasteiger charge is 2.37. The number of amides is 1. The Kier molecular flexibility index (Phi) is 6.74. The standard InChI is InChI=1S/C20H20ClF3N2O3S/c21-16-7-9-17(10-8-16)30(28,29)26(18-6-1-2-11-25-19(18)27)13-14-4-3-5-15(12-14)20(22,23)24/h3-5,7-10,12,18H,1-2,6,11,13H2,(H,25,27). The van der Waals surface area contributed by atoms with Crippen LogP contribution in [0.1, 0.15) is 30.4 Å². The van der Waals surface area contributed by atoms with Gasteiger partial charge in [0.05, 0.1) is 10.5 Å². The number of carbonyl (C=O) groups is 1. The number of carbonyl (C=O) groups excluding carboxylic acids is 1. The third-order valence-electron chi connectivity index (χ3n) is 4.87. The van der Waals surface area contributed by atoms with Crippen LogP contribution in [0.4, 0.5) is 13.2 Å². The van der Waals surface area contributed by atoms with Gasteiger partial charge in [0, 0.05) is 18.1 Å². The highest BCUT2D eigenvalue weighted by Crippen LogP contribution is 2.31. The largest absolute Gasteiger partial charge is 0.416 e. The molecule has 1 saturated heterocycles. The van der Waals surface area contributed by atoms with Gasteiger partial charge in [-0.3, -0.25) is 4.79 Å². The lowest BCUT2D eigenvalue weighted by atomic mass is 10.1. The lowest BCUT2D eigenvalue weighted by Crippen LogP contribution is -2.48. The molecule has 1 atom stereocenters. The highest BCUT2D eigenvalue weighted by molar-refractivity contribution is 7.89. The van der Waals surface area contributed by atoms with Crippen molar-refractivity contribution in [1.82, 2.24) is 9.62 Å². The molecule has 0 saturated carbocycles. The lowest BCUT2D eigenvalue weighted by Gasteiger charge is -2.29. The molecular formula is C20H20ClF3N2O3S. The fraction of sp³-hybridized carbons (Fsp3) is 0.350. The quantitative estimate of drug-likeness (QED) is 0.726. The van der Waals surface area contributed by atoms with Gasteiger partial charge in [0.1, 0.15) is 6.04 Å². The van der Waals surface area contributed by atoms with Crippen molar-refractivity contribution in [1.29, 1.82) is 0 Å². The summed E-state index contributed by atoms with van der Waals surface area (Å²) in [6.45, 7) is 0.0562. The summed E-state index contributed by atoms with van der Waals surface area (Å²) in [6, 6.07) is 8.86. The second-order valence-electron chi connectivity index (χ2n) is 7.00. The minimum Gasteiger partial charge on any atom is -0.355 e. The molecule has 30 heavy (non-hydrogen) atoms. The van der Waals surface area contributed by atoms with Crippen LogP contribution in [0.2, 0.25) is 5.02 Å². The van der Waals surface area contributed by atoms with Crippen molar-refractivity contribution in [2.75, 3.05) is 6.54 Å². The van der Waals surface area contributed by atoms with Gasteiger partial charge in [-0.15, -0.1) is 0 Å². The summed E-state index contributed by atoms with van der Waals surface area (Å²) in [5, 5.41) is 3.02. The van der Waals surface area contributed by atoms with E-state index in [2.05, 4.69) is 5.32 Å². The summed E-state index contributed by atoms with van der Waals surface area (Å²) in [7, 11) is -4.18. The van der Waals surface area contributed by atoms with E-state index >= 15 is 0 Å². The summed E-state index contributed by atoms with van der Waals surface area (Å²) in [6.07, 6.45) is -2.98. The zero-order chi connectivity index (χ0) is 21.9. The number of halogens is 4. The average molecular weight is 461 g/mol. The van der Waals surface area contributed by atoms with Gasteiger partial charge in [-0.05, 0) is 55.2 Å². The van der Waals surface area contributed by atoms with Crippen LogP contribution in [0.3, 0.4) is 0 Å². The summed E-state index contributed by atoms with van der Waals surface area (Å²) >= 11 is 5.85. The molecule has 2 aromatic carbocycles. The molecule has 0 aliphatic carbocycles. The Hall–Kier alpha value is -2.10. The fourth-order valence-electron chi connectivity index (χ4n) is 3.33. The molecule has 3 rings (SSSR count). The predicted octanol–water partition coefficient (Wildman–Crippen LogP) is 4.22. The van der Waals surface area contributed by atoms with Crippen LogP contribution in [-0.4, -0.2) is 31.2 Å². The van der Waals surface area contributed by atoms with Crippen molar-refractivity contribution in [2.45, 2.75) is 42.9 Å². The lowest BCUT2D eigenvalue weighted by molar-refractivity contribution is -0.137. The van der Waals surface area contributed by atoms with Gasteiger partial charge in [0.15, 0.2) is 0 Å². The Morgan fingerprint density at radius 2 is 1.80 bits per heavy atom. The maximum Gasteiger partial charge on any atom is 0.416 e. The van der Waals surface area contributed by atoms with E-state index in [1.807, 2.05) is 0 Å². The summed E-state index contributed by atoms with van der Waals surface area (Å²) in [5.41, 5.74) is -0.742. The SMILES string of the molecule is O=C1NCCCCC1N(Cc1cccc(C(F)(F)F)c1)S(=O)(=O)c1ccc(Cl)cc1. The van der Waals surface area contributed by atoms with Crippen LogP contribution in [0.5, 0.6) is 0 Å². The first-order valence-corrected chi connectivity index (χ1v) is 11.1. The van der Waals surface area contributed by atoms with Crippen LogP contribution < -0.4 is 5.32 Å². The molecule has 0 radical (unpaired) electrons. The molecule has 0 spiro atoms. The second-order valence-corrected chi connectivity index (χ2v) is 9.33. The minimum atomic E-state index is -4.56. The zero-order valence-corrected chi connectivity index (χ0v) is 17.4. The molecule has 1 heterocycles. The van der Waals surface area contributed by atoms with Crippen molar-refractivity contribution >= 4 is 27.5 Å². The van der Waals surface area contributed by atoms with Crippen molar-refractivity contribution in [3.63, 3.8) is 0 Å². The smallest absolute Gasteiger partial charge is 0.355 e. The van der Waals surface area contributed by atoms with Gasteiger partial charge in [-0.25, -0.2) is 8.42 Å². The van der Waals surface area contributed by atoms with E-state index in [1.54, 1.807) is 0 Å².